The van der Waals surface area contributed by atoms with Crippen molar-refractivity contribution < 1.29 is 9.63 Å². The van der Waals surface area contributed by atoms with E-state index in [1.807, 2.05) is 0 Å². The van der Waals surface area contributed by atoms with Crippen molar-refractivity contribution in [3.63, 3.8) is 0 Å². The van der Waals surface area contributed by atoms with Gasteiger partial charge >= 0.3 is 0 Å². The van der Waals surface area contributed by atoms with Gasteiger partial charge in [0, 0.05) is 6.54 Å². The molecule has 3 N–H and O–H groups in total. The average molecular weight is 146 g/mol. The number of nitrogens with two attached hydrogens (primary N) is 1. The number of carbonyl (C=O) groups is 1. The van der Waals surface area contributed by atoms with Gasteiger partial charge in [-0.3, -0.25) is 4.79 Å². The SMILES string of the molecule is NOCCCCCNC=O. The normalized spacial score (nSPS) is 9.30. The Kier molecular flexibility index (Phi) is 7.88. The zero-order valence-electron chi connectivity index (χ0n) is 6.01. The van der Waals surface area contributed by atoms with E-state index >= 15 is 0 Å². The predicted molar refractivity (Wildman–Crippen MR) is 38.1 cm³/mol. The van der Waals surface area contributed by atoms with Gasteiger partial charge in [0.05, 0.1) is 6.61 Å². The Hall–Kier alpha value is -0.610. The van der Waals surface area contributed by atoms with Gasteiger partial charge in [0.15, 0.2) is 0 Å². The van der Waals surface area contributed by atoms with Gasteiger partial charge < -0.3 is 10.2 Å². The Morgan fingerprint density at radius 1 is 1.40 bits per heavy atom. The first kappa shape index (κ1) is 9.39. The largest absolute Gasteiger partial charge is 0.359 e. The predicted octanol–water partition coefficient (Wildman–Crippen LogP) is -0.207. The smallest absolute Gasteiger partial charge is 0.207 e. The molecule has 4 nitrogen and oxygen atoms in total. The molecule has 0 saturated carbocycles. The van der Waals surface area contributed by atoms with E-state index in [9.17, 15) is 4.79 Å². The molecule has 0 unspecified atom stereocenters. The highest BCUT2D eigenvalue weighted by Gasteiger charge is 1.86. The van der Waals surface area contributed by atoms with Crippen molar-refractivity contribution in [3.8, 4) is 0 Å². The summed E-state index contributed by atoms with van der Waals surface area (Å²) in [7, 11) is 0. The lowest BCUT2D eigenvalue weighted by molar-refractivity contribution is -0.109. The van der Waals surface area contributed by atoms with E-state index in [0.717, 1.165) is 25.8 Å². The second-order valence-electron chi connectivity index (χ2n) is 2.00. The fourth-order valence-corrected chi connectivity index (χ4v) is 0.648. The van der Waals surface area contributed by atoms with Crippen LogP contribution in [0.15, 0.2) is 0 Å². The third-order valence-electron chi connectivity index (χ3n) is 1.17. The summed E-state index contributed by atoms with van der Waals surface area (Å²) >= 11 is 0. The maximum atomic E-state index is 9.74. The van der Waals surface area contributed by atoms with Gasteiger partial charge in [-0.2, -0.15) is 0 Å². The van der Waals surface area contributed by atoms with E-state index in [0.29, 0.717) is 13.0 Å². The van der Waals surface area contributed by atoms with Gasteiger partial charge in [0.1, 0.15) is 0 Å². The minimum Gasteiger partial charge on any atom is -0.359 e. The van der Waals surface area contributed by atoms with Crippen molar-refractivity contribution in [1.82, 2.24) is 5.32 Å². The van der Waals surface area contributed by atoms with Gasteiger partial charge in [-0.1, -0.05) is 0 Å². The molecule has 0 aliphatic heterocycles. The summed E-state index contributed by atoms with van der Waals surface area (Å²) in [4.78, 5) is 14.1. The molecule has 0 radical (unpaired) electrons. The zero-order chi connectivity index (χ0) is 7.66. The molecule has 1 amide bonds. The minimum absolute atomic E-state index is 0.598. The lowest BCUT2D eigenvalue weighted by Gasteiger charge is -1.98. The first-order chi connectivity index (χ1) is 4.91. The van der Waals surface area contributed by atoms with Crippen LogP contribution in [0.3, 0.4) is 0 Å². The molecular weight excluding hydrogens is 132 g/mol. The number of hydrogen-bond acceptors (Lipinski definition) is 3. The Labute approximate surface area is 60.7 Å². The van der Waals surface area contributed by atoms with Crippen molar-refractivity contribution in [2.75, 3.05) is 13.2 Å². The van der Waals surface area contributed by atoms with Crippen LogP contribution >= 0.6 is 0 Å². The Bertz CT molecular complexity index is 78.1. The Morgan fingerprint density at radius 2 is 2.20 bits per heavy atom. The van der Waals surface area contributed by atoms with Crippen LogP contribution in [0, 0.1) is 0 Å². The van der Waals surface area contributed by atoms with Crippen LogP contribution in [-0.2, 0) is 9.63 Å². The second kappa shape index (κ2) is 8.39. The summed E-state index contributed by atoms with van der Waals surface area (Å²) in [6, 6.07) is 0. The van der Waals surface area contributed by atoms with Crippen molar-refractivity contribution in [2.45, 2.75) is 19.3 Å². The number of unbranched alkanes of at least 4 members (excludes halogenated alkanes) is 2. The van der Waals surface area contributed by atoms with Crippen LogP contribution in [0.5, 0.6) is 0 Å². The summed E-state index contributed by atoms with van der Waals surface area (Å²) in [6.45, 7) is 1.34. The minimum atomic E-state index is 0.598. The fraction of sp³-hybridized carbons (Fsp3) is 0.833. The summed E-state index contributed by atoms with van der Waals surface area (Å²) in [6.07, 6.45) is 3.69. The fourth-order valence-electron chi connectivity index (χ4n) is 0.648. The lowest BCUT2D eigenvalue weighted by Crippen LogP contribution is -2.12. The number of amides is 1. The molecule has 0 aromatic rings. The molecule has 0 saturated heterocycles. The summed E-state index contributed by atoms with van der Waals surface area (Å²) < 4.78 is 0. The maximum Gasteiger partial charge on any atom is 0.207 e. The zero-order valence-corrected chi connectivity index (χ0v) is 6.01. The van der Waals surface area contributed by atoms with Crippen LogP contribution < -0.4 is 11.2 Å². The molecule has 10 heavy (non-hydrogen) atoms. The maximum absolute atomic E-state index is 9.74. The molecule has 60 valence electrons. The van der Waals surface area contributed by atoms with E-state index in [1.54, 1.807) is 0 Å². The molecule has 0 aromatic heterocycles. The van der Waals surface area contributed by atoms with Crippen molar-refractivity contribution >= 4 is 6.41 Å². The molecule has 0 fully saturated rings. The monoisotopic (exact) mass is 146 g/mol. The number of hydrogen-bond donors (Lipinski definition) is 2. The summed E-state index contributed by atoms with van der Waals surface area (Å²) in [5, 5.41) is 2.57. The van der Waals surface area contributed by atoms with E-state index in [-0.39, 0.29) is 0 Å². The molecule has 4 heteroatoms. The molecule has 0 atom stereocenters. The van der Waals surface area contributed by atoms with Gasteiger partial charge in [-0.05, 0) is 19.3 Å². The van der Waals surface area contributed by atoms with E-state index in [4.69, 9.17) is 5.90 Å². The molecule has 0 aromatic carbocycles. The van der Waals surface area contributed by atoms with E-state index in [2.05, 4.69) is 10.2 Å². The number of carbonyl (C=O) groups excluding carboxylic acids is 1. The molecular formula is C6H14N2O2. The second-order valence-corrected chi connectivity index (χ2v) is 2.00. The van der Waals surface area contributed by atoms with Crippen molar-refractivity contribution in [3.05, 3.63) is 0 Å². The third-order valence-corrected chi connectivity index (χ3v) is 1.17. The molecule has 0 aliphatic rings. The lowest BCUT2D eigenvalue weighted by atomic mass is 10.2. The van der Waals surface area contributed by atoms with Crippen LogP contribution in [0.4, 0.5) is 0 Å². The van der Waals surface area contributed by atoms with Gasteiger partial charge in [0.25, 0.3) is 0 Å². The van der Waals surface area contributed by atoms with Gasteiger partial charge in [-0.15, -0.1) is 0 Å². The third kappa shape index (κ3) is 7.39. The Balaban J connectivity index is 2.70. The van der Waals surface area contributed by atoms with E-state index < -0.39 is 0 Å². The first-order valence-corrected chi connectivity index (χ1v) is 3.40. The van der Waals surface area contributed by atoms with Crippen LogP contribution in [-0.4, -0.2) is 19.6 Å². The molecule has 0 bridgehead atoms. The number of rotatable bonds is 7. The molecule has 0 heterocycles. The Morgan fingerprint density at radius 3 is 2.80 bits per heavy atom. The average Bonchev–Trinajstić information content (AvgIpc) is 1.97. The van der Waals surface area contributed by atoms with Gasteiger partial charge in [-0.25, -0.2) is 5.90 Å². The molecule has 0 rings (SSSR count). The summed E-state index contributed by atoms with van der Waals surface area (Å²) in [5.41, 5.74) is 0. The number of nitrogens with one attached hydrogen (secondary N) is 1. The topological polar surface area (TPSA) is 64.3 Å². The molecule has 0 spiro atoms. The van der Waals surface area contributed by atoms with Gasteiger partial charge in [0.2, 0.25) is 6.41 Å². The molecule has 0 aliphatic carbocycles. The summed E-state index contributed by atoms with van der Waals surface area (Å²) in [5.74, 6) is 4.80. The quantitative estimate of drug-likeness (QED) is 0.297. The van der Waals surface area contributed by atoms with E-state index in [1.165, 1.54) is 0 Å². The van der Waals surface area contributed by atoms with Crippen LogP contribution in [0.2, 0.25) is 0 Å². The highest BCUT2D eigenvalue weighted by molar-refractivity contribution is 5.45. The van der Waals surface area contributed by atoms with Crippen molar-refractivity contribution in [2.24, 2.45) is 5.90 Å². The van der Waals surface area contributed by atoms with Crippen LogP contribution in [0.1, 0.15) is 19.3 Å². The van der Waals surface area contributed by atoms with Crippen molar-refractivity contribution in [1.29, 1.82) is 0 Å². The highest BCUT2D eigenvalue weighted by atomic mass is 16.6. The van der Waals surface area contributed by atoms with Crippen LogP contribution in [0.25, 0.3) is 0 Å². The highest BCUT2D eigenvalue weighted by Crippen LogP contribution is 1.92. The first-order valence-electron chi connectivity index (χ1n) is 3.40. The standard InChI is InChI=1S/C6H14N2O2/c7-10-5-3-1-2-4-8-6-9/h6H,1-5,7H2,(H,8,9).